The number of rotatable bonds is 0. The van der Waals surface area contributed by atoms with E-state index >= 15 is 0 Å². The molecule has 4 nitrogen and oxygen atoms in total. The van der Waals surface area contributed by atoms with E-state index in [1.807, 2.05) is 42.5 Å². The predicted octanol–water partition coefficient (Wildman–Crippen LogP) is 2.29. The van der Waals surface area contributed by atoms with Gasteiger partial charge in [-0.25, -0.2) is 9.97 Å². The van der Waals surface area contributed by atoms with Crippen molar-refractivity contribution in [1.82, 2.24) is 15.0 Å². The molecule has 0 bridgehead atoms. The molecule has 0 amide bonds. The van der Waals surface area contributed by atoms with Gasteiger partial charge in [0.15, 0.2) is 0 Å². The predicted molar refractivity (Wildman–Crippen MR) is 68.2 cm³/mol. The second kappa shape index (κ2) is 5.55. The smallest absolute Gasteiger partial charge is 0.220 e. The molecular weight excluding hydrogens is 212 g/mol. The van der Waals surface area contributed by atoms with Crippen molar-refractivity contribution in [2.24, 2.45) is 0 Å². The van der Waals surface area contributed by atoms with Crippen LogP contribution in [-0.2, 0) is 0 Å². The van der Waals surface area contributed by atoms with Gasteiger partial charge in [-0.05, 0) is 18.2 Å². The van der Waals surface area contributed by atoms with Gasteiger partial charge in [-0.15, -0.1) is 0 Å². The summed E-state index contributed by atoms with van der Waals surface area (Å²) in [6.07, 6.45) is 5.22. The summed E-state index contributed by atoms with van der Waals surface area (Å²) >= 11 is 0. The SMILES string of the molecule is Nc1ncc2ccccc2n1.c1ccncc1. The third-order valence-corrected chi connectivity index (χ3v) is 2.07. The monoisotopic (exact) mass is 224 g/mol. The lowest BCUT2D eigenvalue weighted by atomic mass is 10.2. The third kappa shape index (κ3) is 3.24. The zero-order chi connectivity index (χ0) is 11.9. The van der Waals surface area contributed by atoms with E-state index in [1.165, 1.54) is 0 Å². The number of aromatic nitrogens is 3. The molecule has 0 unspecified atom stereocenters. The highest BCUT2D eigenvalue weighted by Crippen LogP contribution is 2.09. The number of nitrogens with zero attached hydrogens (tertiary/aromatic N) is 3. The van der Waals surface area contributed by atoms with Gasteiger partial charge in [0, 0.05) is 24.0 Å². The fourth-order valence-corrected chi connectivity index (χ4v) is 1.30. The molecule has 0 saturated heterocycles. The summed E-state index contributed by atoms with van der Waals surface area (Å²) in [5, 5.41) is 1.02. The molecule has 0 aliphatic heterocycles. The van der Waals surface area contributed by atoms with E-state index in [9.17, 15) is 0 Å². The number of nitrogens with two attached hydrogens (primary N) is 1. The average molecular weight is 224 g/mol. The molecule has 2 aromatic heterocycles. The van der Waals surface area contributed by atoms with E-state index in [1.54, 1.807) is 18.6 Å². The van der Waals surface area contributed by atoms with E-state index in [2.05, 4.69) is 15.0 Å². The summed E-state index contributed by atoms with van der Waals surface area (Å²) in [6.45, 7) is 0. The first-order valence-corrected chi connectivity index (χ1v) is 5.18. The van der Waals surface area contributed by atoms with Gasteiger partial charge >= 0.3 is 0 Å². The number of pyridine rings is 1. The number of benzene rings is 1. The number of para-hydroxylation sites is 1. The van der Waals surface area contributed by atoms with Crippen LogP contribution in [0.15, 0.2) is 61.1 Å². The van der Waals surface area contributed by atoms with Crippen molar-refractivity contribution >= 4 is 16.9 Å². The maximum Gasteiger partial charge on any atom is 0.220 e. The fraction of sp³-hybridized carbons (Fsp3) is 0. The van der Waals surface area contributed by atoms with Crippen LogP contribution in [0.25, 0.3) is 10.9 Å². The Labute approximate surface area is 99.2 Å². The maximum absolute atomic E-state index is 5.40. The molecule has 2 N–H and O–H groups in total. The highest BCUT2D eigenvalue weighted by Gasteiger charge is 1.92. The van der Waals surface area contributed by atoms with Crippen molar-refractivity contribution in [2.75, 3.05) is 5.73 Å². The van der Waals surface area contributed by atoms with Gasteiger partial charge in [-0.2, -0.15) is 0 Å². The van der Waals surface area contributed by atoms with Gasteiger partial charge in [0.2, 0.25) is 5.95 Å². The molecule has 1 aromatic carbocycles. The molecular formula is C13H12N4. The topological polar surface area (TPSA) is 64.7 Å². The zero-order valence-corrected chi connectivity index (χ0v) is 9.19. The van der Waals surface area contributed by atoms with Crippen molar-refractivity contribution in [1.29, 1.82) is 0 Å². The largest absolute Gasteiger partial charge is 0.368 e. The van der Waals surface area contributed by atoms with Gasteiger partial charge in [0.1, 0.15) is 0 Å². The van der Waals surface area contributed by atoms with Gasteiger partial charge in [-0.3, -0.25) is 4.98 Å². The Hall–Kier alpha value is -2.49. The van der Waals surface area contributed by atoms with E-state index in [4.69, 9.17) is 5.73 Å². The average Bonchev–Trinajstić information content (AvgIpc) is 2.41. The Morgan fingerprint density at radius 3 is 2.29 bits per heavy atom. The Kier molecular flexibility index (Phi) is 3.60. The second-order valence-electron chi connectivity index (χ2n) is 3.31. The van der Waals surface area contributed by atoms with Crippen LogP contribution in [0.4, 0.5) is 5.95 Å². The summed E-state index contributed by atoms with van der Waals surface area (Å²) in [5.41, 5.74) is 6.29. The summed E-state index contributed by atoms with van der Waals surface area (Å²) in [4.78, 5) is 11.7. The number of hydrogen-bond donors (Lipinski definition) is 1. The number of nitrogen functional groups attached to an aromatic ring is 1. The molecule has 0 saturated carbocycles. The minimum absolute atomic E-state index is 0.323. The van der Waals surface area contributed by atoms with Crippen molar-refractivity contribution in [3.05, 3.63) is 61.1 Å². The number of fused-ring (bicyclic) bond motifs is 1. The van der Waals surface area contributed by atoms with Crippen LogP contribution >= 0.6 is 0 Å². The third-order valence-electron chi connectivity index (χ3n) is 2.07. The van der Waals surface area contributed by atoms with Crippen LogP contribution in [0.1, 0.15) is 0 Å². The number of anilines is 1. The minimum atomic E-state index is 0.323. The molecule has 0 spiro atoms. The van der Waals surface area contributed by atoms with Crippen molar-refractivity contribution < 1.29 is 0 Å². The standard InChI is InChI=1S/C8H7N3.C5H5N/c9-8-10-5-6-3-1-2-4-7(6)11-8;1-2-4-6-5-3-1/h1-5H,(H2,9,10,11);1-5H. The highest BCUT2D eigenvalue weighted by molar-refractivity contribution is 5.78. The lowest BCUT2D eigenvalue weighted by Crippen LogP contribution is -1.93. The van der Waals surface area contributed by atoms with E-state index in [0.29, 0.717) is 5.95 Å². The van der Waals surface area contributed by atoms with Crippen molar-refractivity contribution in [2.45, 2.75) is 0 Å². The van der Waals surface area contributed by atoms with Gasteiger partial charge < -0.3 is 5.73 Å². The summed E-state index contributed by atoms with van der Waals surface area (Å²) < 4.78 is 0. The first kappa shape index (κ1) is 11.0. The lowest BCUT2D eigenvalue weighted by Gasteiger charge is -1.94. The quantitative estimate of drug-likeness (QED) is 0.636. The van der Waals surface area contributed by atoms with Crippen molar-refractivity contribution in [3.63, 3.8) is 0 Å². The highest BCUT2D eigenvalue weighted by atomic mass is 15.0. The van der Waals surface area contributed by atoms with Crippen LogP contribution in [-0.4, -0.2) is 15.0 Å². The first-order chi connectivity index (χ1) is 8.36. The van der Waals surface area contributed by atoms with Gasteiger partial charge in [0.25, 0.3) is 0 Å². The molecule has 17 heavy (non-hydrogen) atoms. The molecule has 0 fully saturated rings. The Bertz CT molecular complexity index is 554. The second-order valence-corrected chi connectivity index (χ2v) is 3.31. The molecule has 4 heteroatoms. The van der Waals surface area contributed by atoms with E-state index < -0.39 is 0 Å². The Morgan fingerprint density at radius 2 is 1.65 bits per heavy atom. The lowest BCUT2D eigenvalue weighted by molar-refractivity contribution is 1.24. The molecule has 0 radical (unpaired) electrons. The summed E-state index contributed by atoms with van der Waals surface area (Å²) in [5.74, 6) is 0.323. The molecule has 3 aromatic rings. The Balaban J connectivity index is 0.000000153. The summed E-state index contributed by atoms with van der Waals surface area (Å²) in [7, 11) is 0. The van der Waals surface area contributed by atoms with Crippen LogP contribution < -0.4 is 5.73 Å². The van der Waals surface area contributed by atoms with Gasteiger partial charge in [0.05, 0.1) is 5.52 Å². The minimum Gasteiger partial charge on any atom is -0.368 e. The normalized spacial score (nSPS) is 9.41. The molecule has 84 valence electrons. The molecule has 0 aliphatic carbocycles. The number of hydrogen-bond acceptors (Lipinski definition) is 4. The molecule has 0 aliphatic rings. The molecule has 3 rings (SSSR count). The Morgan fingerprint density at radius 1 is 0.882 bits per heavy atom. The van der Waals surface area contributed by atoms with Crippen LogP contribution in [0.3, 0.4) is 0 Å². The van der Waals surface area contributed by atoms with Crippen LogP contribution in [0.2, 0.25) is 0 Å². The fourth-order valence-electron chi connectivity index (χ4n) is 1.30. The van der Waals surface area contributed by atoms with Crippen LogP contribution in [0.5, 0.6) is 0 Å². The summed E-state index contributed by atoms with van der Waals surface area (Å²) in [6, 6.07) is 13.5. The van der Waals surface area contributed by atoms with E-state index in [-0.39, 0.29) is 0 Å². The zero-order valence-electron chi connectivity index (χ0n) is 9.19. The van der Waals surface area contributed by atoms with Crippen molar-refractivity contribution in [3.8, 4) is 0 Å². The maximum atomic E-state index is 5.40. The van der Waals surface area contributed by atoms with E-state index in [0.717, 1.165) is 10.9 Å². The van der Waals surface area contributed by atoms with Gasteiger partial charge in [-0.1, -0.05) is 24.3 Å². The van der Waals surface area contributed by atoms with Crippen LogP contribution in [0, 0.1) is 0 Å². The molecule has 0 atom stereocenters. The molecule has 2 heterocycles. The first-order valence-electron chi connectivity index (χ1n) is 5.18.